The van der Waals surface area contributed by atoms with Crippen molar-refractivity contribution in [2.45, 2.75) is 85.5 Å². The van der Waals surface area contributed by atoms with Gasteiger partial charge in [-0.1, -0.05) is 68.8 Å². The predicted molar refractivity (Wildman–Crippen MR) is 328 cm³/mol. The second-order valence-electron chi connectivity index (χ2n) is 18.2. The summed E-state index contributed by atoms with van der Waals surface area (Å²) < 4.78 is 20.9. The Morgan fingerprint density at radius 3 is 1.96 bits per heavy atom. The number of likely N-dealkylation sites (N-methyl/N-ethyl adjacent to an activating group) is 4. The average Bonchev–Trinajstić information content (AvgIpc) is 3.21. The molecule has 1 unspecified atom stereocenters. The zero-order chi connectivity index (χ0) is 63.4. The molecule has 1 atom stereocenters. The largest absolute Gasteiger partial charge is 0.506 e. The summed E-state index contributed by atoms with van der Waals surface area (Å²) in [6.45, 7) is 9.41. The Balaban J connectivity index is 0.00000138. The van der Waals surface area contributed by atoms with E-state index < -0.39 is 17.5 Å². The minimum Gasteiger partial charge on any atom is -0.450 e. The Bertz CT molecular complexity index is 2920. The number of anilines is 1. The number of aromatic nitrogens is 2. The molecule has 0 saturated carbocycles. The molecule has 10 N–H and O–H groups in total. The molecule has 1 aliphatic heterocycles. The molecule has 0 spiro atoms. The number of para-hydroxylation sites is 1. The van der Waals surface area contributed by atoms with Gasteiger partial charge in [-0.3, -0.25) is 19.2 Å². The topological polar surface area (TPSA) is 320 Å². The Kier molecular flexibility index (Phi) is 40.6. The number of amides is 1. The standard InChI is InChI=1S/C31H32FN7O5.C10H13NO.C8H17NO.C4H4O2.2C3H7NO.C2H6/c1-16-9-27-29-21(13-39(27)30(41)22(16)15-44-31(42)43)20(19-8-17(2)23(32)10-26(19)37-29)12-38(34)14-24(33)18-6-4-5-7-25(18)36-28(40)11-35-3;1-11-10(8-12)7-9-5-3-2-4-6-9;1-9(2)7-5-3-4-6-8-10;5-3-1-2-4-6;2*1-4-2-3-5;1-2/h4-10,14,35H,11-13,15,33-34H2,1-3H3,(H,36,40)(H,42,43);2-6,8,10-11H,7H2,1H3;8H,3-7H2,1-2H3;1-4H;2*3-4H,2H2,1H3;1-2H3/b24-14-;;;2-1-;;;. The highest BCUT2D eigenvalue weighted by atomic mass is 19.1. The number of hydrogen-bond acceptors (Lipinski definition) is 19. The summed E-state index contributed by atoms with van der Waals surface area (Å²) in [5, 5.41) is 24.9. The van der Waals surface area contributed by atoms with Crippen LogP contribution >= 0.6 is 0 Å². The van der Waals surface area contributed by atoms with Crippen molar-refractivity contribution in [3.63, 3.8) is 0 Å². The summed E-state index contributed by atoms with van der Waals surface area (Å²) in [7, 11) is 11.1. The van der Waals surface area contributed by atoms with Crippen LogP contribution in [0.1, 0.15) is 78.5 Å². The van der Waals surface area contributed by atoms with E-state index in [4.69, 9.17) is 21.7 Å². The Hall–Kier alpha value is -8.45. The number of ether oxygens (including phenoxy) is 1. The number of hydrogen-bond donors (Lipinski definition) is 8. The van der Waals surface area contributed by atoms with Crippen LogP contribution in [0.15, 0.2) is 95.9 Å². The molecule has 0 saturated heterocycles. The van der Waals surface area contributed by atoms with Crippen molar-refractivity contribution < 1.29 is 52.6 Å². The molecular weight excluding hydrogens is 1080 g/mol. The van der Waals surface area contributed by atoms with E-state index in [9.17, 15) is 47.5 Å². The predicted octanol–water partition coefficient (Wildman–Crippen LogP) is 5.27. The number of unbranched alkanes of at least 4 members (excludes halogenated alkanes) is 3. The van der Waals surface area contributed by atoms with E-state index in [1.54, 1.807) is 78.4 Å². The van der Waals surface area contributed by atoms with Crippen molar-refractivity contribution in [1.29, 1.82) is 0 Å². The lowest BCUT2D eigenvalue weighted by atomic mass is 9.98. The van der Waals surface area contributed by atoms with Gasteiger partial charge >= 0.3 is 6.16 Å². The van der Waals surface area contributed by atoms with Gasteiger partial charge in [0.1, 0.15) is 50.1 Å². The second-order valence-corrected chi connectivity index (χ2v) is 18.2. The maximum Gasteiger partial charge on any atom is 0.506 e. The third-order valence-corrected chi connectivity index (χ3v) is 11.6. The number of carbonyl (C=O) groups excluding carboxylic acids is 7. The number of allylic oxidation sites excluding steroid dienone is 2. The first kappa shape index (κ1) is 75.5. The molecule has 0 bridgehead atoms. The van der Waals surface area contributed by atoms with Crippen LogP contribution in [0.2, 0.25) is 0 Å². The maximum atomic E-state index is 14.7. The van der Waals surface area contributed by atoms with Crippen molar-refractivity contribution in [2.75, 3.05) is 73.8 Å². The average molecular weight is 1170 g/mol. The molecule has 0 fully saturated rings. The highest BCUT2D eigenvalue weighted by Gasteiger charge is 2.29. The number of nitrogens with zero attached hydrogens (tertiary/aromatic N) is 4. The van der Waals surface area contributed by atoms with Gasteiger partial charge in [-0.05, 0) is 135 Å². The number of aldehydes is 6. The van der Waals surface area contributed by atoms with Gasteiger partial charge in [0.2, 0.25) is 5.91 Å². The number of carbonyl (C=O) groups is 8. The van der Waals surface area contributed by atoms with Gasteiger partial charge in [-0.15, -0.1) is 0 Å². The molecule has 0 radical (unpaired) electrons. The third kappa shape index (κ3) is 28.5. The lowest BCUT2D eigenvalue weighted by Gasteiger charge is -2.20. The first-order valence-corrected chi connectivity index (χ1v) is 27.1. The molecule has 22 nitrogen and oxygen atoms in total. The Labute approximate surface area is 492 Å². The highest BCUT2D eigenvalue weighted by molar-refractivity contribution is 5.95. The van der Waals surface area contributed by atoms with Crippen molar-refractivity contribution in [1.82, 2.24) is 40.7 Å². The quantitative estimate of drug-likeness (QED) is 0.00904. The van der Waals surface area contributed by atoms with Crippen molar-refractivity contribution in [3.05, 3.63) is 146 Å². The Morgan fingerprint density at radius 2 is 1.44 bits per heavy atom. The monoisotopic (exact) mass is 1170 g/mol. The van der Waals surface area contributed by atoms with Gasteiger partial charge in [0, 0.05) is 35.2 Å². The van der Waals surface area contributed by atoms with E-state index in [1.807, 2.05) is 44.2 Å². The number of nitrogens with one attached hydrogen (secondary N) is 5. The van der Waals surface area contributed by atoms with Gasteiger partial charge in [0.15, 0.2) is 0 Å². The fraction of sp³-hybridized carbons (Fsp3) is 0.377. The number of rotatable bonds is 25. The van der Waals surface area contributed by atoms with Gasteiger partial charge < -0.3 is 75.8 Å². The first-order valence-electron chi connectivity index (χ1n) is 27.1. The van der Waals surface area contributed by atoms with Crippen LogP contribution in [0.25, 0.3) is 28.0 Å². The number of fused-ring (bicyclic) bond motifs is 4. The summed E-state index contributed by atoms with van der Waals surface area (Å²) in [5.74, 6) is 5.83. The molecule has 23 heteroatoms. The van der Waals surface area contributed by atoms with E-state index in [0.717, 1.165) is 74.2 Å². The molecule has 1 aliphatic rings. The SMILES string of the molecule is CC.CN(C)CCCCCC=O.CNC(C=O)Cc1ccccc1.CNCC(=O)Nc1ccccc1/C(N)=C/N(N)Cc1c2c(nc3cc(F)c(C)cc13)-c1cc(C)c(COC(=O)O)c(=O)n1C2.CNCC=O.CNCC=O.O=C/C=C\C=O. The summed E-state index contributed by atoms with van der Waals surface area (Å²) in [6, 6.07) is 21.8. The zero-order valence-corrected chi connectivity index (χ0v) is 50.0. The van der Waals surface area contributed by atoms with Crippen molar-refractivity contribution >= 4 is 72.1 Å². The van der Waals surface area contributed by atoms with Gasteiger partial charge in [0.25, 0.3) is 5.56 Å². The highest BCUT2D eigenvalue weighted by Crippen LogP contribution is 2.37. The number of nitrogens with two attached hydrogens (primary N) is 2. The van der Waals surface area contributed by atoms with Crippen LogP contribution in [0.3, 0.4) is 0 Å². The summed E-state index contributed by atoms with van der Waals surface area (Å²) >= 11 is 0. The van der Waals surface area contributed by atoms with Crippen molar-refractivity contribution in [2.24, 2.45) is 11.6 Å². The minimum absolute atomic E-state index is 0.0626. The fourth-order valence-corrected chi connectivity index (χ4v) is 7.54. The van der Waals surface area contributed by atoms with E-state index in [0.29, 0.717) is 76.0 Å². The molecule has 5 aromatic rings. The molecule has 0 aliphatic carbocycles. The number of carboxylic acid groups (broad SMARTS) is 1. The van der Waals surface area contributed by atoms with Crippen LogP contribution in [0.5, 0.6) is 0 Å². The lowest BCUT2D eigenvalue weighted by Crippen LogP contribution is -2.28. The van der Waals surface area contributed by atoms with Gasteiger partial charge in [-0.2, -0.15) is 0 Å². The summed E-state index contributed by atoms with van der Waals surface area (Å²) in [6.07, 6.45) is 11.9. The first-order chi connectivity index (χ1) is 40.4. The molecule has 1 amide bonds. The number of hydrazine groups is 1. The number of pyridine rings is 2. The van der Waals surface area contributed by atoms with E-state index in [-0.39, 0.29) is 43.8 Å². The number of aryl methyl sites for hydroxylation is 2. The number of benzene rings is 3. The lowest BCUT2D eigenvalue weighted by molar-refractivity contribution is -0.115. The molecule has 2 aromatic heterocycles. The maximum absolute atomic E-state index is 14.7. The minimum atomic E-state index is -1.48. The summed E-state index contributed by atoms with van der Waals surface area (Å²) in [4.78, 5) is 101. The summed E-state index contributed by atoms with van der Waals surface area (Å²) in [5.41, 5.74) is 12.7. The molecule has 458 valence electrons. The van der Waals surface area contributed by atoms with Crippen molar-refractivity contribution in [3.8, 4) is 11.4 Å². The molecule has 3 heterocycles. The molecule has 3 aromatic carbocycles. The van der Waals surface area contributed by atoms with Crippen LogP contribution in [0, 0.1) is 19.7 Å². The molecule has 6 rings (SSSR count). The smallest absolute Gasteiger partial charge is 0.450 e. The van der Waals surface area contributed by atoms with Gasteiger partial charge in [0.05, 0.1) is 72.6 Å². The van der Waals surface area contributed by atoms with Gasteiger partial charge in [-0.25, -0.2) is 20.0 Å². The fourth-order valence-electron chi connectivity index (χ4n) is 7.54. The zero-order valence-electron chi connectivity index (χ0n) is 50.0. The molecular formula is C61H86FN11O11. The Morgan fingerprint density at radius 1 is 0.821 bits per heavy atom. The third-order valence-electron chi connectivity index (χ3n) is 11.6. The molecule has 84 heavy (non-hydrogen) atoms. The normalized spacial score (nSPS) is 10.9. The van der Waals surface area contributed by atoms with E-state index >= 15 is 0 Å². The van der Waals surface area contributed by atoms with Crippen LogP contribution in [-0.2, 0) is 64.4 Å². The van der Waals surface area contributed by atoms with Crippen LogP contribution in [0.4, 0.5) is 14.9 Å². The van der Waals surface area contributed by atoms with E-state index in [2.05, 4.69) is 50.3 Å². The number of halogens is 1. The van der Waals surface area contributed by atoms with Crippen LogP contribution < -0.4 is 43.7 Å². The van der Waals surface area contributed by atoms with Crippen LogP contribution in [-0.4, -0.2) is 149 Å². The second kappa shape index (κ2) is 45.1. The van der Waals surface area contributed by atoms with E-state index in [1.165, 1.54) is 40.2 Å².